The average Bonchev–Trinajstić information content (AvgIpc) is 2.90. The molecule has 2 heterocycles. The van der Waals surface area contributed by atoms with Crippen molar-refractivity contribution in [3.63, 3.8) is 0 Å². The van der Waals surface area contributed by atoms with Gasteiger partial charge in [-0.1, -0.05) is 6.07 Å². The van der Waals surface area contributed by atoms with Crippen molar-refractivity contribution in [3.05, 3.63) is 91.8 Å². The summed E-state index contributed by atoms with van der Waals surface area (Å²) >= 11 is 0. The van der Waals surface area contributed by atoms with Crippen molar-refractivity contribution in [1.82, 2.24) is 14.1 Å². The zero-order valence-corrected chi connectivity index (χ0v) is 20.1. The molecule has 184 valence electrons. The van der Waals surface area contributed by atoms with Gasteiger partial charge in [-0.05, 0) is 43.3 Å². The fourth-order valence-corrected chi connectivity index (χ4v) is 4.02. The molecule has 0 atom stereocenters. The van der Waals surface area contributed by atoms with E-state index >= 15 is 0 Å². The second kappa shape index (κ2) is 9.87. The minimum atomic E-state index is -0.745. The number of aldehydes is 1. The molecule has 36 heavy (non-hydrogen) atoms. The topological polar surface area (TPSA) is 119 Å². The molecule has 0 spiro atoms. The number of methoxy groups -OCH3 is 3. The van der Waals surface area contributed by atoms with Crippen LogP contribution in [0.1, 0.15) is 32.0 Å². The van der Waals surface area contributed by atoms with Crippen molar-refractivity contribution in [2.75, 3.05) is 21.3 Å². The Labute approximate surface area is 205 Å². The first-order valence-corrected chi connectivity index (χ1v) is 10.8. The number of aryl methyl sites for hydroxylation is 1. The number of carbonyl (C=O) groups is 2. The number of aromatic nitrogens is 3. The van der Waals surface area contributed by atoms with Crippen LogP contribution < -0.4 is 20.7 Å². The van der Waals surface area contributed by atoms with Crippen LogP contribution in [0.3, 0.4) is 0 Å². The van der Waals surface area contributed by atoms with Crippen molar-refractivity contribution in [2.45, 2.75) is 13.5 Å². The van der Waals surface area contributed by atoms with Gasteiger partial charge in [0.2, 0.25) is 0 Å². The minimum Gasteiger partial charge on any atom is -0.497 e. The Bertz CT molecular complexity index is 1620. The third-order valence-electron chi connectivity index (χ3n) is 5.71. The number of hydrogen-bond acceptors (Lipinski definition) is 8. The zero-order chi connectivity index (χ0) is 26.0. The average molecular weight is 489 g/mol. The van der Waals surface area contributed by atoms with E-state index in [2.05, 4.69) is 4.98 Å². The molecule has 2 aromatic heterocycles. The summed E-state index contributed by atoms with van der Waals surface area (Å²) in [6, 6.07) is 12.8. The van der Waals surface area contributed by atoms with E-state index in [1.807, 2.05) is 0 Å². The van der Waals surface area contributed by atoms with Gasteiger partial charge < -0.3 is 14.2 Å². The lowest BCUT2D eigenvalue weighted by atomic mass is 10.1. The molecule has 0 unspecified atom stereocenters. The molecule has 0 aliphatic carbocycles. The molecule has 0 aliphatic rings. The Hall–Kier alpha value is -4.73. The minimum absolute atomic E-state index is 0.00325. The SMILES string of the molecule is COC(=O)c1cc(C)nc2c1c(=O)n(Cc1cc(C=O)ccc1OC)c(=O)n2-c1cccc(OC)c1. The lowest BCUT2D eigenvalue weighted by Crippen LogP contribution is -2.41. The second-order valence-electron chi connectivity index (χ2n) is 7.90. The summed E-state index contributed by atoms with van der Waals surface area (Å²) in [4.78, 5) is 56.0. The van der Waals surface area contributed by atoms with E-state index in [-0.39, 0.29) is 23.1 Å². The number of esters is 1. The molecular weight excluding hydrogens is 466 g/mol. The van der Waals surface area contributed by atoms with Crippen LogP contribution in [0.15, 0.2) is 58.1 Å². The number of pyridine rings is 1. The molecule has 10 heteroatoms. The molecule has 0 fully saturated rings. The highest BCUT2D eigenvalue weighted by atomic mass is 16.5. The van der Waals surface area contributed by atoms with E-state index < -0.39 is 17.2 Å². The van der Waals surface area contributed by atoms with E-state index in [0.717, 1.165) is 4.57 Å². The molecule has 0 saturated carbocycles. The summed E-state index contributed by atoms with van der Waals surface area (Å²) in [6.07, 6.45) is 0.655. The van der Waals surface area contributed by atoms with Crippen LogP contribution in [0.2, 0.25) is 0 Å². The highest BCUT2D eigenvalue weighted by Gasteiger charge is 2.23. The third kappa shape index (κ3) is 4.24. The van der Waals surface area contributed by atoms with Crippen molar-refractivity contribution < 1.29 is 23.8 Å². The number of ether oxygens (including phenoxy) is 3. The normalized spacial score (nSPS) is 10.8. The predicted octanol–water partition coefficient (Wildman–Crippen LogP) is 2.52. The van der Waals surface area contributed by atoms with Crippen LogP contribution in [0.5, 0.6) is 11.5 Å². The predicted molar refractivity (Wildman–Crippen MR) is 132 cm³/mol. The van der Waals surface area contributed by atoms with Crippen molar-refractivity contribution >= 4 is 23.3 Å². The van der Waals surface area contributed by atoms with E-state index in [1.54, 1.807) is 43.3 Å². The van der Waals surface area contributed by atoms with Gasteiger partial charge in [-0.2, -0.15) is 0 Å². The van der Waals surface area contributed by atoms with Crippen LogP contribution in [0, 0.1) is 6.92 Å². The number of rotatable bonds is 7. The van der Waals surface area contributed by atoms with Gasteiger partial charge in [0.05, 0.1) is 44.5 Å². The summed E-state index contributed by atoms with van der Waals surface area (Å²) in [7, 11) is 4.14. The number of benzene rings is 2. The maximum Gasteiger partial charge on any atom is 0.338 e. The summed E-state index contributed by atoms with van der Waals surface area (Å²) in [6.45, 7) is 1.42. The van der Waals surface area contributed by atoms with Gasteiger partial charge in [0.1, 0.15) is 17.8 Å². The molecule has 0 bridgehead atoms. The smallest absolute Gasteiger partial charge is 0.338 e. The fourth-order valence-electron chi connectivity index (χ4n) is 4.02. The van der Waals surface area contributed by atoms with Gasteiger partial charge in [0, 0.05) is 22.9 Å². The molecule has 0 N–H and O–H groups in total. The van der Waals surface area contributed by atoms with Crippen molar-refractivity contribution in [3.8, 4) is 17.2 Å². The molecular formula is C26H23N3O7. The second-order valence-corrected chi connectivity index (χ2v) is 7.90. The van der Waals surface area contributed by atoms with Gasteiger partial charge in [-0.15, -0.1) is 0 Å². The molecule has 2 aromatic carbocycles. The number of hydrogen-bond donors (Lipinski definition) is 0. The fraction of sp³-hybridized carbons (Fsp3) is 0.192. The summed E-state index contributed by atoms with van der Waals surface area (Å²) in [5.41, 5.74) is 0.108. The van der Waals surface area contributed by atoms with E-state index in [9.17, 15) is 19.2 Å². The Balaban J connectivity index is 2.14. The molecule has 4 rings (SSSR count). The van der Waals surface area contributed by atoms with E-state index in [0.29, 0.717) is 40.3 Å². The van der Waals surface area contributed by atoms with Crippen molar-refractivity contribution in [1.29, 1.82) is 0 Å². The number of carbonyl (C=O) groups excluding carboxylic acids is 2. The monoisotopic (exact) mass is 489 g/mol. The Morgan fingerprint density at radius 3 is 2.47 bits per heavy atom. The highest BCUT2D eigenvalue weighted by Crippen LogP contribution is 2.23. The maximum atomic E-state index is 13.8. The molecule has 4 aromatic rings. The van der Waals surface area contributed by atoms with E-state index in [4.69, 9.17) is 14.2 Å². The highest BCUT2D eigenvalue weighted by molar-refractivity contribution is 6.02. The van der Waals surface area contributed by atoms with Crippen LogP contribution in [-0.2, 0) is 11.3 Å². The Kier molecular flexibility index (Phi) is 6.69. The molecule has 0 amide bonds. The standard InChI is InChI=1S/C26H23N3O7/c1-15-10-20(25(32)36-4)22-23(27-15)29(18-6-5-7-19(12-18)34-2)26(33)28(24(22)31)13-17-11-16(14-30)8-9-21(17)35-3/h5-12,14H,13H2,1-4H3. The van der Waals surface area contributed by atoms with E-state index in [1.165, 1.54) is 38.0 Å². The summed E-state index contributed by atoms with van der Waals surface area (Å²) < 4.78 is 17.8. The quantitative estimate of drug-likeness (QED) is 0.287. The third-order valence-corrected chi connectivity index (χ3v) is 5.71. The van der Waals surface area contributed by atoms with Crippen LogP contribution in [-0.4, -0.2) is 47.7 Å². The summed E-state index contributed by atoms with van der Waals surface area (Å²) in [5.74, 6) is 0.118. The molecule has 0 aliphatic heterocycles. The maximum absolute atomic E-state index is 13.8. The van der Waals surface area contributed by atoms with Gasteiger partial charge >= 0.3 is 11.7 Å². The van der Waals surface area contributed by atoms with Crippen LogP contribution >= 0.6 is 0 Å². The van der Waals surface area contributed by atoms with Crippen LogP contribution in [0.25, 0.3) is 16.7 Å². The molecule has 0 saturated heterocycles. The van der Waals surface area contributed by atoms with Gasteiger partial charge in [0.25, 0.3) is 5.56 Å². The first kappa shape index (κ1) is 24.4. The van der Waals surface area contributed by atoms with Gasteiger partial charge in [0.15, 0.2) is 5.65 Å². The van der Waals surface area contributed by atoms with Crippen LogP contribution in [0.4, 0.5) is 0 Å². The first-order valence-electron chi connectivity index (χ1n) is 10.8. The Morgan fingerprint density at radius 2 is 1.81 bits per heavy atom. The number of fused-ring (bicyclic) bond motifs is 1. The molecule has 0 radical (unpaired) electrons. The lowest BCUT2D eigenvalue weighted by Gasteiger charge is -2.17. The van der Waals surface area contributed by atoms with Gasteiger partial charge in [-0.3, -0.25) is 14.2 Å². The Morgan fingerprint density at radius 1 is 1.03 bits per heavy atom. The zero-order valence-electron chi connectivity index (χ0n) is 20.1. The lowest BCUT2D eigenvalue weighted by molar-refractivity contribution is 0.0602. The largest absolute Gasteiger partial charge is 0.497 e. The molecule has 10 nitrogen and oxygen atoms in total. The summed E-state index contributed by atoms with van der Waals surface area (Å²) in [5, 5.41) is -0.0830. The van der Waals surface area contributed by atoms with Crippen molar-refractivity contribution in [2.24, 2.45) is 0 Å². The number of nitrogens with zero attached hydrogens (tertiary/aromatic N) is 3. The van der Waals surface area contributed by atoms with Gasteiger partial charge in [-0.25, -0.2) is 19.1 Å². The first-order chi connectivity index (χ1) is 17.3.